The van der Waals surface area contributed by atoms with Crippen LogP contribution < -0.4 is 10.3 Å². The normalized spacial score (nSPS) is 9.93. The van der Waals surface area contributed by atoms with Crippen molar-refractivity contribution in [2.45, 2.75) is 0 Å². The summed E-state index contributed by atoms with van der Waals surface area (Å²) in [4.78, 5) is 18.2. The second-order valence-corrected chi connectivity index (χ2v) is 3.01. The second-order valence-electron chi connectivity index (χ2n) is 3.01. The van der Waals surface area contributed by atoms with Gasteiger partial charge in [-0.1, -0.05) is 0 Å². The standard InChI is InChI=1S/C11H10N2O2/c1-15-10-3-2-9(11(14)13-10)8-4-6-12-7-5-8/h2-7H,1H3,(H,13,14). The summed E-state index contributed by atoms with van der Waals surface area (Å²) in [6.45, 7) is 0. The van der Waals surface area contributed by atoms with E-state index in [9.17, 15) is 4.79 Å². The van der Waals surface area contributed by atoms with Gasteiger partial charge < -0.3 is 4.74 Å². The van der Waals surface area contributed by atoms with Crippen molar-refractivity contribution in [1.82, 2.24) is 9.97 Å². The molecule has 0 bridgehead atoms. The number of hydrogen-bond acceptors (Lipinski definition) is 3. The van der Waals surface area contributed by atoms with Gasteiger partial charge in [0.2, 0.25) is 0 Å². The number of aromatic amines is 1. The second kappa shape index (κ2) is 3.96. The van der Waals surface area contributed by atoms with Crippen LogP contribution in [0.5, 0.6) is 5.88 Å². The Bertz CT molecular complexity index is 505. The summed E-state index contributed by atoms with van der Waals surface area (Å²) in [6.07, 6.45) is 3.30. The van der Waals surface area contributed by atoms with Crippen molar-refractivity contribution in [2.75, 3.05) is 7.11 Å². The molecule has 0 aliphatic heterocycles. The highest BCUT2D eigenvalue weighted by Crippen LogP contribution is 2.14. The molecule has 0 aliphatic carbocycles. The summed E-state index contributed by atoms with van der Waals surface area (Å²) in [5.74, 6) is 0.456. The molecule has 0 saturated heterocycles. The highest BCUT2D eigenvalue weighted by molar-refractivity contribution is 5.61. The average molecular weight is 202 g/mol. The van der Waals surface area contributed by atoms with Gasteiger partial charge in [0, 0.05) is 18.0 Å². The van der Waals surface area contributed by atoms with Crippen LogP contribution in [-0.2, 0) is 0 Å². The molecular formula is C11H10N2O2. The maximum atomic E-state index is 11.6. The first kappa shape index (κ1) is 9.45. The van der Waals surface area contributed by atoms with E-state index in [2.05, 4.69) is 9.97 Å². The fourth-order valence-corrected chi connectivity index (χ4v) is 1.33. The lowest BCUT2D eigenvalue weighted by molar-refractivity contribution is 0.397. The Kier molecular flexibility index (Phi) is 2.49. The molecule has 0 atom stereocenters. The molecule has 2 heterocycles. The molecule has 0 spiro atoms. The smallest absolute Gasteiger partial charge is 0.258 e. The molecule has 0 aromatic carbocycles. The van der Waals surface area contributed by atoms with Crippen molar-refractivity contribution in [3.05, 3.63) is 47.0 Å². The van der Waals surface area contributed by atoms with Gasteiger partial charge in [0.25, 0.3) is 5.56 Å². The lowest BCUT2D eigenvalue weighted by Gasteiger charge is -2.02. The van der Waals surface area contributed by atoms with Gasteiger partial charge in [-0.05, 0) is 29.8 Å². The van der Waals surface area contributed by atoms with Gasteiger partial charge in [0.05, 0.1) is 7.11 Å². The van der Waals surface area contributed by atoms with Crippen LogP contribution in [0.3, 0.4) is 0 Å². The molecule has 4 heteroatoms. The molecule has 0 saturated carbocycles. The van der Waals surface area contributed by atoms with Crippen molar-refractivity contribution < 1.29 is 4.74 Å². The third kappa shape index (κ3) is 1.88. The Balaban J connectivity index is 2.51. The summed E-state index contributed by atoms with van der Waals surface area (Å²) in [6, 6.07) is 7.03. The molecule has 0 fully saturated rings. The van der Waals surface area contributed by atoms with Crippen LogP contribution in [0.4, 0.5) is 0 Å². The lowest BCUT2D eigenvalue weighted by Crippen LogP contribution is -2.09. The predicted molar refractivity (Wildman–Crippen MR) is 56.8 cm³/mol. The third-order valence-electron chi connectivity index (χ3n) is 2.09. The molecule has 76 valence electrons. The Morgan fingerprint density at radius 1 is 1.20 bits per heavy atom. The molecule has 0 aliphatic rings. The Labute approximate surface area is 86.6 Å². The summed E-state index contributed by atoms with van der Waals surface area (Å²) in [5.41, 5.74) is 1.28. The minimum absolute atomic E-state index is 0.166. The number of methoxy groups -OCH3 is 1. The molecule has 0 radical (unpaired) electrons. The van der Waals surface area contributed by atoms with Gasteiger partial charge in [-0.2, -0.15) is 0 Å². The Morgan fingerprint density at radius 3 is 2.53 bits per heavy atom. The number of aromatic nitrogens is 2. The van der Waals surface area contributed by atoms with E-state index < -0.39 is 0 Å². The van der Waals surface area contributed by atoms with Crippen LogP contribution in [0.25, 0.3) is 11.1 Å². The quantitative estimate of drug-likeness (QED) is 0.801. The van der Waals surface area contributed by atoms with Crippen LogP contribution in [-0.4, -0.2) is 17.1 Å². The van der Waals surface area contributed by atoms with E-state index in [0.29, 0.717) is 11.4 Å². The largest absolute Gasteiger partial charge is 0.482 e. The van der Waals surface area contributed by atoms with E-state index in [1.54, 1.807) is 36.7 Å². The van der Waals surface area contributed by atoms with Crippen LogP contribution >= 0.6 is 0 Å². The van der Waals surface area contributed by atoms with Gasteiger partial charge >= 0.3 is 0 Å². The lowest BCUT2D eigenvalue weighted by atomic mass is 10.1. The summed E-state index contributed by atoms with van der Waals surface area (Å²) < 4.78 is 4.92. The molecule has 2 aromatic rings. The Morgan fingerprint density at radius 2 is 1.93 bits per heavy atom. The highest BCUT2D eigenvalue weighted by Gasteiger charge is 2.03. The van der Waals surface area contributed by atoms with E-state index in [4.69, 9.17) is 4.74 Å². The van der Waals surface area contributed by atoms with E-state index >= 15 is 0 Å². The topological polar surface area (TPSA) is 55.0 Å². The van der Waals surface area contributed by atoms with Crippen LogP contribution in [0.15, 0.2) is 41.5 Å². The van der Waals surface area contributed by atoms with E-state index in [1.165, 1.54) is 7.11 Å². The molecule has 2 rings (SSSR count). The molecule has 15 heavy (non-hydrogen) atoms. The number of ether oxygens (including phenoxy) is 1. The number of nitrogens with one attached hydrogen (secondary N) is 1. The maximum absolute atomic E-state index is 11.6. The zero-order chi connectivity index (χ0) is 10.7. The van der Waals surface area contributed by atoms with Crippen molar-refractivity contribution >= 4 is 0 Å². The minimum Gasteiger partial charge on any atom is -0.482 e. The molecule has 0 unspecified atom stereocenters. The van der Waals surface area contributed by atoms with Crippen molar-refractivity contribution in [2.24, 2.45) is 0 Å². The van der Waals surface area contributed by atoms with E-state index in [0.717, 1.165) is 5.56 Å². The summed E-state index contributed by atoms with van der Waals surface area (Å²) in [5, 5.41) is 0. The average Bonchev–Trinajstić information content (AvgIpc) is 2.30. The highest BCUT2D eigenvalue weighted by atomic mass is 16.5. The Hall–Kier alpha value is -2.10. The van der Waals surface area contributed by atoms with E-state index in [1.807, 2.05) is 0 Å². The molecule has 1 N–H and O–H groups in total. The SMILES string of the molecule is COc1ccc(-c2ccncc2)c(=O)[nH]1. The number of hydrogen-bond donors (Lipinski definition) is 1. The number of nitrogens with zero attached hydrogens (tertiary/aromatic N) is 1. The fraction of sp³-hybridized carbons (Fsp3) is 0.0909. The van der Waals surface area contributed by atoms with Gasteiger partial charge in [0.1, 0.15) is 0 Å². The van der Waals surface area contributed by atoms with Gasteiger partial charge in [0.15, 0.2) is 5.88 Å². The first-order valence-corrected chi connectivity index (χ1v) is 4.49. The summed E-state index contributed by atoms with van der Waals surface area (Å²) >= 11 is 0. The number of rotatable bonds is 2. The van der Waals surface area contributed by atoms with Crippen molar-refractivity contribution in [3.8, 4) is 17.0 Å². The summed E-state index contributed by atoms with van der Waals surface area (Å²) in [7, 11) is 1.51. The molecule has 0 amide bonds. The van der Waals surface area contributed by atoms with E-state index in [-0.39, 0.29) is 5.56 Å². The number of pyridine rings is 2. The first-order chi connectivity index (χ1) is 7.31. The van der Waals surface area contributed by atoms with Gasteiger partial charge in [-0.25, -0.2) is 0 Å². The maximum Gasteiger partial charge on any atom is 0.258 e. The van der Waals surface area contributed by atoms with Crippen LogP contribution in [0, 0.1) is 0 Å². The fourth-order valence-electron chi connectivity index (χ4n) is 1.33. The number of H-pyrrole nitrogens is 1. The van der Waals surface area contributed by atoms with Crippen LogP contribution in [0.1, 0.15) is 0 Å². The third-order valence-corrected chi connectivity index (χ3v) is 2.09. The zero-order valence-electron chi connectivity index (χ0n) is 8.23. The molecular weight excluding hydrogens is 192 g/mol. The van der Waals surface area contributed by atoms with Crippen LogP contribution in [0.2, 0.25) is 0 Å². The first-order valence-electron chi connectivity index (χ1n) is 4.49. The monoisotopic (exact) mass is 202 g/mol. The minimum atomic E-state index is -0.166. The van der Waals surface area contributed by atoms with Gasteiger partial charge in [-0.15, -0.1) is 0 Å². The molecule has 2 aromatic heterocycles. The zero-order valence-corrected chi connectivity index (χ0v) is 8.23. The van der Waals surface area contributed by atoms with Gasteiger partial charge in [-0.3, -0.25) is 14.8 Å². The molecule has 4 nitrogen and oxygen atoms in total. The van der Waals surface area contributed by atoms with Crippen molar-refractivity contribution in [1.29, 1.82) is 0 Å². The predicted octanol–water partition coefficient (Wildman–Crippen LogP) is 1.45. The van der Waals surface area contributed by atoms with Crippen molar-refractivity contribution in [3.63, 3.8) is 0 Å².